The van der Waals surface area contributed by atoms with Crippen molar-refractivity contribution in [3.8, 4) is 0 Å². The van der Waals surface area contributed by atoms with E-state index in [0.717, 1.165) is 38.7 Å². The van der Waals surface area contributed by atoms with Gasteiger partial charge in [-0.25, -0.2) is 0 Å². The van der Waals surface area contributed by atoms with Crippen molar-refractivity contribution >= 4 is 29.9 Å². The lowest BCUT2D eigenvalue weighted by Gasteiger charge is -2.27. The predicted octanol–water partition coefficient (Wildman–Crippen LogP) is 1.04. The van der Waals surface area contributed by atoms with Crippen molar-refractivity contribution in [1.82, 2.24) is 14.7 Å². The average Bonchev–Trinajstić information content (AvgIpc) is 2.65. The Hall–Kier alpha value is -0.0800. The number of nitrogens with two attached hydrogens (primary N) is 1. The molecule has 2 saturated heterocycles. The second kappa shape index (κ2) is 9.78. The van der Waals surface area contributed by atoms with Crippen LogP contribution in [-0.2, 0) is 0 Å². The Labute approximate surface area is 140 Å². The van der Waals surface area contributed by atoms with Gasteiger partial charge in [-0.3, -0.25) is 4.99 Å². The van der Waals surface area contributed by atoms with E-state index in [1.54, 1.807) is 0 Å². The molecule has 5 nitrogen and oxygen atoms in total. The summed E-state index contributed by atoms with van der Waals surface area (Å²) in [6.07, 6.45) is 5.12. The molecule has 0 saturated carbocycles. The molecular formula is C14H30IN5. The van der Waals surface area contributed by atoms with Gasteiger partial charge in [-0.15, -0.1) is 24.0 Å². The summed E-state index contributed by atoms with van der Waals surface area (Å²) in [6.45, 7) is 8.81. The maximum atomic E-state index is 6.07. The first-order chi connectivity index (χ1) is 9.25. The van der Waals surface area contributed by atoms with E-state index in [4.69, 9.17) is 5.73 Å². The summed E-state index contributed by atoms with van der Waals surface area (Å²) in [7, 11) is 2.20. The molecular weight excluding hydrogens is 365 g/mol. The highest BCUT2D eigenvalue weighted by atomic mass is 127. The first-order valence-corrected chi connectivity index (χ1v) is 7.71. The Morgan fingerprint density at radius 1 is 0.950 bits per heavy atom. The highest BCUT2D eigenvalue weighted by molar-refractivity contribution is 14.0. The lowest BCUT2D eigenvalue weighted by atomic mass is 10.1. The molecule has 118 valence electrons. The van der Waals surface area contributed by atoms with Gasteiger partial charge in [-0.2, -0.15) is 0 Å². The molecule has 0 aromatic carbocycles. The third-order valence-corrected chi connectivity index (χ3v) is 4.18. The molecule has 0 aromatic heterocycles. The van der Waals surface area contributed by atoms with E-state index >= 15 is 0 Å². The van der Waals surface area contributed by atoms with Gasteiger partial charge in [0, 0.05) is 32.7 Å². The molecule has 2 aliphatic heterocycles. The van der Waals surface area contributed by atoms with Crippen LogP contribution in [0.15, 0.2) is 4.99 Å². The molecule has 2 heterocycles. The van der Waals surface area contributed by atoms with Crippen LogP contribution in [-0.4, -0.2) is 80.1 Å². The Morgan fingerprint density at radius 2 is 1.70 bits per heavy atom. The first kappa shape index (κ1) is 18.0. The largest absolute Gasteiger partial charge is 0.370 e. The molecule has 2 rings (SSSR count). The van der Waals surface area contributed by atoms with E-state index in [0.29, 0.717) is 0 Å². The van der Waals surface area contributed by atoms with E-state index in [1.807, 2.05) is 0 Å². The summed E-state index contributed by atoms with van der Waals surface area (Å²) in [6, 6.07) is 0. The number of guanidine groups is 1. The van der Waals surface area contributed by atoms with Gasteiger partial charge in [0.1, 0.15) is 0 Å². The standard InChI is InChI=1S/C14H29N5.HI/c1-17-7-5-8-18(13-12-17)11-6-16-14(15)19-9-3-2-4-10-19;/h2-13H2,1H3,(H2,15,16);1H. The Balaban J connectivity index is 0.00000200. The minimum Gasteiger partial charge on any atom is -0.370 e. The van der Waals surface area contributed by atoms with Gasteiger partial charge < -0.3 is 20.4 Å². The van der Waals surface area contributed by atoms with Crippen molar-refractivity contribution in [3.05, 3.63) is 0 Å². The van der Waals surface area contributed by atoms with Gasteiger partial charge >= 0.3 is 0 Å². The number of hydrogen-bond donors (Lipinski definition) is 1. The van der Waals surface area contributed by atoms with Gasteiger partial charge in [0.05, 0.1) is 6.54 Å². The van der Waals surface area contributed by atoms with Crippen LogP contribution in [0.3, 0.4) is 0 Å². The molecule has 0 bridgehead atoms. The SMILES string of the molecule is CN1CCCN(CCN=C(N)N2CCCCC2)CC1.I. The fourth-order valence-corrected chi connectivity index (χ4v) is 2.85. The molecule has 0 atom stereocenters. The third kappa shape index (κ3) is 6.13. The molecule has 6 heteroatoms. The van der Waals surface area contributed by atoms with Crippen molar-refractivity contribution in [2.24, 2.45) is 10.7 Å². The zero-order valence-corrected chi connectivity index (χ0v) is 15.1. The summed E-state index contributed by atoms with van der Waals surface area (Å²) in [4.78, 5) is 11.7. The van der Waals surface area contributed by atoms with Crippen molar-refractivity contribution in [2.45, 2.75) is 25.7 Å². The Bertz CT molecular complexity index is 291. The number of hydrogen-bond acceptors (Lipinski definition) is 3. The third-order valence-electron chi connectivity index (χ3n) is 4.18. The lowest BCUT2D eigenvalue weighted by molar-refractivity contribution is 0.282. The number of likely N-dealkylation sites (tertiary alicyclic amines) is 1. The van der Waals surface area contributed by atoms with Gasteiger partial charge in [0.2, 0.25) is 0 Å². The fourth-order valence-electron chi connectivity index (χ4n) is 2.85. The van der Waals surface area contributed by atoms with Crippen LogP contribution in [0.1, 0.15) is 25.7 Å². The van der Waals surface area contributed by atoms with Crippen LogP contribution < -0.4 is 5.73 Å². The minimum absolute atomic E-state index is 0. The molecule has 0 amide bonds. The summed E-state index contributed by atoms with van der Waals surface area (Å²) >= 11 is 0. The van der Waals surface area contributed by atoms with Crippen molar-refractivity contribution in [2.75, 3.05) is 59.4 Å². The highest BCUT2D eigenvalue weighted by Crippen LogP contribution is 2.08. The second-order valence-electron chi connectivity index (χ2n) is 5.79. The quantitative estimate of drug-likeness (QED) is 0.441. The average molecular weight is 395 g/mol. The van der Waals surface area contributed by atoms with E-state index in [1.165, 1.54) is 45.3 Å². The molecule has 0 spiro atoms. The van der Waals surface area contributed by atoms with E-state index in [9.17, 15) is 0 Å². The second-order valence-corrected chi connectivity index (χ2v) is 5.79. The van der Waals surface area contributed by atoms with Crippen LogP contribution in [0.5, 0.6) is 0 Å². The fraction of sp³-hybridized carbons (Fsp3) is 0.929. The number of halogens is 1. The van der Waals surface area contributed by atoms with Gasteiger partial charge in [0.15, 0.2) is 5.96 Å². The molecule has 2 aliphatic rings. The summed E-state index contributed by atoms with van der Waals surface area (Å²) < 4.78 is 0. The monoisotopic (exact) mass is 395 g/mol. The molecule has 0 aliphatic carbocycles. The molecule has 0 aromatic rings. The number of piperidine rings is 1. The van der Waals surface area contributed by atoms with Crippen LogP contribution >= 0.6 is 24.0 Å². The van der Waals surface area contributed by atoms with Crippen molar-refractivity contribution < 1.29 is 0 Å². The van der Waals surface area contributed by atoms with Crippen LogP contribution in [0.2, 0.25) is 0 Å². The highest BCUT2D eigenvalue weighted by Gasteiger charge is 2.13. The van der Waals surface area contributed by atoms with Crippen LogP contribution in [0.25, 0.3) is 0 Å². The van der Waals surface area contributed by atoms with Crippen LogP contribution in [0, 0.1) is 0 Å². The molecule has 2 N–H and O–H groups in total. The summed E-state index contributed by atoms with van der Waals surface area (Å²) in [5.74, 6) is 0.756. The van der Waals surface area contributed by atoms with Gasteiger partial charge in [0.25, 0.3) is 0 Å². The number of nitrogens with zero attached hydrogens (tertiary/aromatic N) is 4. The van der Waals surface area contributed by atoms with Crippen LogP contribution in [0.4, 0.5) is 0 Å². The summed E-state index contributed by atoms with van der Waals surface area (Å²) in [5.41, 5.74) is 6.07. The Morgan fingerprint density at radius 3 is 2.45 bits per heavy atom. The maximum absolute atomic E-state index is 6.07. The van der Waals surface area contributed by atoms with Crippen molar-refractivity contribution in [3.63, 3.8) is 0 Å². The minimum atomic E-state index is 0. The molecule has 0 radical (unpaired) electrons. The number of rotatable bonds is 3. The zero-order valence-electron chi connectivity index (χ0n) is 12.8. The number of likely N-dealkylation sites (N-methyl/N-ethyl adjacent to an activating group) is 1. The first-order valence-electron chi connectivity index (χ1n) is 7.71. The summed E-state index contributed by atoms with van der Waals surface area (Å²) in [5, 5.41) is 0. The smallest absolute Gasteiger partial charge is 0.191 e. The molecule has 0 unspecified atom stereocenters. The normalized spacial score (nSPS) is 23.2. The topological polar surface area (TPSA) is 48.1 Å². The van der Waals surface area contributed by atoms with E-state index < -0.39 is 0 Å². The molecule has 20 heavy (non-hydrogen) atoms. The lowest BCUT2D eigenvalue weighted by Crippen LogP contribution is -2.41. The molecule has 2 fully saturated rings. The number of aliphatic imine (C=N–C) groups is 1. The zero-order chi connectivity index (χ0) is 13.5. The van der Waals surface area contributed by atoms with Gasteiger partial charge in [-0.1, -0.05) is 0 Å². The van der Waals surface area contributed by atoms with E-state index in [-0.39, 0.29) is 24.0 Å². The van der Waals surface area contributed by atoms with Gasteiger partial charge in [-0.05, 0) is 45.8 Å². The predicted molar refractivity (Wildman–Crippen MR) is 95.9 cm³/mol. The Kier molecular flexibility index (Phi) is 8.79. The van der Waals surface area contributed by atoms with E-state index in [2.05, 4.69) is 26.7 Å². The maximum Gasteiger partial charge on any atom is 0.191 e. The van der Waals surface area contributed by atoms with Crippen molar-refractivity contribution in [1.29, 1.82) is 0 Å².